The van der Waals surface area contributed by atoms with Crippen molar-refractivity contribution in [1.82, 2.24) is 29.5 Å². The first-order valence-electron chi connectivity index (χ1n) is 8.62. The Labute approximate surface area is 196 Å². The van der Waals surface area contributed by atoms with Crippen LogP contribution in [0.2, 0.25) is 0 Å². The third kappa shape index (κ3) is 3.75. The van der Waals surface area contributed by atoms with E-state index in [1.807, 2.05) is 12.1 Å². The van der Waals surface area contributed by atoms with Gasteiger partial charge in [0.05, 0.1) is 23.4 Å². The van der Waals surface area contributed by atoms with E-state index in [-0.39, 0.29) is 44.0 Å². The number of hydrogen-bond acceptors (Lipinski definition) is 6. The minimum absolute atomic E-state index is 0. The molecule has 152 valence electrons. The first kappa shape index (κ1) is 22.1. The molecule has 4 aromatic rings. The smallest absolute Gasteiger partial charge is 0.342 e. The molecule has 1 unspecified atom stereocenters. The number of hydrogen-bond donors (Lipinski definition) is 0. The summed E-state index contributed by atoms with van der Waals surface area (Å²) in [6, 6.07) is 16.4. The van der Waals surface area contributed by atoms with Gasteiger partial charge in [-0.25, -0.2) is 21.6 Å². The Balaban J connectivity index is 0.00000289. The predicted octanol–water partition coefficient (Wildman–Crippen LogP) is 2.55. The maximum absolute atomic E-state index is 10.0. The molecule has 10 nitrogen and oxygen atoms in total. The molecule has 0 aromatic carbocycles. The van der Waals surface area contributed by atoms with Crippen molar-refractivity contribution in [2.24, 2.45) is 0 Å². The number of aromatic nitrogens is 6. The Morgan fingerprint density at radius 3 is 1.97 bits per heavy atom. The van der Waals surface area contributed by atoms with Gasteiger partial charge >= 0.3 is 32.4 Å². The van der Waals surface area contributed by atoms with Gasteiger partial charge in [0.2, 0.25) is 0 Å². The van der Waals surface area contributed by atoms with Gasteiger partial charge in [-0.15, -0.1) is 6.07 Å². The van der Waals surface area contributed by atoms with Gasteiger partial charge in [0, 0.05) is 0 Å². The maximum Gasteiger partial charge on any atom is 2.00 e. The van der Waals surface area contributed by atoms with E-state index in [0.717, 1.165) is 0 Å². The molecule has 0 aliphatic carbocycles. The zero-order valence-electron chi connectivity index (χ0n) is 15.9. The van der Waals surface area contributed by atoms with Crippen molar-refractivity contribution < 1.29 is 21.1 Å². The maximum atomic E-state index is 10.0. The molecule has 0 aliphatic rings. The topological polar surface area (TPSA) is 118 Å². The van der Waals surface area contributed by atoms with Crippen LogP contribution in [0.1, 0.15) is 17.1 Å². The molecule has 0 radical (unpaired) electrons. The SMILES string of the molecule is [C-]#[N+]c1c[c-]n(-c2cccc(C(C#N)([N+]#[C-])c3cccc(-n4[c-]cc(C#N)n4)n3)n2)n1.[Pt+2]. The Bertz CT molecular complexity index is 1340. The van der Waals surface area contributed by atoms with E-state index < -0.39 is 5.54 Å². The summed E-state index contributed by atoms with van der Waals surface area (Å²) in [5.74, 6) is 0.733. The Hall–Kier alpha value is -4.63. The predicted molar refractivity (Wildman–Crippen MR) is 104 cm³/mol. The summed E-state index contributed by atoms with van der Waals surface area (Å²) in [5.41, 5.74) is -1.40. The summed E-state index contributed by atoms with van der Waals surface area (Å²) in [6.45, 7) is 14.8. The summed E-state index contributed by atoms with van der Waals surface area (Å²) in [7, 11) is 0. The molecule has 0 aliphatic heterocycles. The molecule has 0 saturated carbocycles. The van der Waals surface area contributed by atoms with Crippen LogP contribution in [0.25, 0.3) is 21.3 Å². The third-order valence-electron chi connectivity index (χ3n) is 4.25. The van der Waals surface area contributed by atoms with Gasteiger partial charge in [0.25, 0.3) is 0 Å². The van der Waals surface area contributed by atoms with Crippen LogP contribution in [0.5, 0.6) is 0 Å². The van der Waals surface area contributed by atoms with Crippen molar-refractivity contribution >= 4 is 5.82 Å². The van der Waals surface area contributed by atoms with Gasteiger partial charge in [-0.05, 0) is 29.5 Å². The number of nitriles is 2. The number of pyridine rings is 2. The minimum atomic E-state index is -1.84. The van der Waals surface area contributed by atoms with Crippen molar-refractivity contribution in [1.29, 1.82) is 10.5 Å². The average Bonchev–Trinajstić information content (AvgIpc) is 3.51. The first-order valence-corrected chi connectivity index (χ1v) is 8.62. The summed E-state index contributed by atoms with van der Waals surface area (Å²) in [5, 5.41) is 27.0. The summed E-state index contributed by atoms with van der Waals surface area (Å²) in [4.78, 5) is 15.6. The van der Waals surface area contributed by atoms with Crippen LogP contribution in [-0.2, 0) is 26.6 Å². The van der Waals surface area contributed by atoms with E-state index >= 15 is 0 Å². The Kier molecular flexibility index (Phi) is 6.22. The van der Waals surface area contributed by atoms with Crippen LogP contribution >= 0.6 is 0 Å². The number of rotatable bonds is 4. The van der Waals surface area contributed by atoms with Gasteiger partial charge in [-0.2, -0.15) is 5.26 Å². The van der Waals surface area contributed by atoms with Crippen molar-refractivity contribution in [3.05, 3.63) is 101 Å². The summed E-state index contributed by atoms with van der Waals surface area (Å²) < 4.78 is 2.54. The second-order valence-corrected chi connectivity index (χ2v) is 6.03. The second kappa shape index (κ2) is 9.02. The zero-order chi connectivity index (χ0) is 21.8. The van der Waals surface area contributed by atoms with Gasteiger partial charge in [-0.3, -0.25) is 14.8 Å². The zero-order valence-corrected chi connectivity index (χ0v) is 18.2. The van der Waals surface area contributed by atoms with Crippen molar-refractivity contribution in [3.8, 4) is 23.8 Å². The van der Waals surface area contributed by atoms with E-state index in [0.29, 0.717) is 11.6 Å². The molecule has 4 rings (SSSR count). The van der Waals surface area contributed by atoms with E-state index in [2.05, 4.69) is 42.2 Å². The van der Waals surface area contributed by atoms with Gasteiger partial charge in [0.1, 0.15) is 11.4 Å². The van der Waals surface area contributed by atoms with Gasteiger partial charge in [0.15, 0.2) is 6.07 Å². The molecule has 1 atom stereocenters. The molecule has 32 heavy (non-hydrogen) atoms. The van der Waals surface area contributed by atoms with Gasteiger partial charge in [-0.1, -0.05) is 37.0 Å². The third-order valence-corrected chi connectivity index (χ3v) is 4.25. The van der Waals surface area contributed by atoms with Crippen LogP contribution in [-0.4, -0.2) is 29.5 Å². The fraction of sp³-hybridized carbons (Fsp3) is 0.0476. The molecule has 0 N–H and O–H groups in total. The van der Waals surface area contributed by atoms with Crippen molar-refractivity contribution in [2.75, 3.05) is 0 Å². The molecule has 11 heteroatoms. The normalized spacial score (nSPS) is 11.6. The van der Waals surface area contributed by atoms with Crippen LogP contribution in [0.15, 0.2) is 48.5 Å². The quantitative estimate of drug-likeness (QED) is 0.335. The Morgan fingerprint density at radius 2 is 1.50 bits per heavy atom. The fourth-order valence-electron chi connectivity index (χ4n) is 2.78. The molecule has 0 bridgehead atoms. The Morgan fingerprint density at radius 1 is 0.906 bits per heavy atom. The van der Waals surface area contributed by atoms with Crippen LogP contribution < -0.4 is 0 Å². The van der Waals surface area contributed by atoms with E-state index in [1.165, 1.54) is 21.5 Å². The molecule has 0 spiro atoms. The summed E-state index contributed by atoms with van der Waals surface area (Å²) >= 11 is 0. The largest absolute Gasteiger partial charge is 2.00 e. The standard InChI is InChI=1S/C21H8N10.Pt/c1-24-18-10-12-31(29-18)20-8-4-6-17(27-20)21(14-23,25-2)16-5-3-7-19(26-16)30-11-9-15(13-22)28-30;/h3-10H;/q-2;+2. The first-order chi connectivity index (χ1) is 15.1. The molecule has 4 aromatic heterocycles. The number of nitrogens with zero attached hydrogens (tertiary/aromatic N) is 10. The van der Waals surface area contributed by atoms with Crippen LogP contribution in [0.4, 0.5) is 5.82 Å². The van der Waals surface area contributed by atoms with Crippen LogP contribution in [0.3, 0.4) is 0 Å². The van der Waals surface area contributed by atoms with Crippen LogP contribution in [0, 0.1) is 48.2 Å². The monoisotopic (exact) mass is 595 g/mol. The molecular weight excluding hydrogens is 587 g/mol. The van der Waals surface area contributed by atoms with E-state index in [9.17, 15) is 5.26 Å². The minimum Gasteiger partial charge on any atom is -0.342 e. The van der Waals surface area contributed by atoms with Gasteiger partial charge < -0.3 is 9.53 Å². The van der Waals surface area contributed by atoms with E-state index in [4.69, 9.17) is 18.4 Å². The molecule has 0 amide bonds. The second-order valence-electron chi connectivity index (χ2n) is 6.03. The summed E-state index contributed by atoms with van der Waals surface area (Å²) in [6.07, 6.45) is 5.55. The molecular formula is C21H8N10Pt. The average molecular weight is 595 g/mol. The fourth-order valence-corrected chi connectivity index (χ4v) is 2.78. The van der Waals surface area contributed by atoms with Crippen molar-refractivity contribution in [2.45, 2.75) is 5.54 Å². The molecule has 0 saturated heterocycles. The molecule has 4 heterocycles. The van der Waals surface area contributed by atoms with Crippen molar-refractivity contribution in [3.63, 3.8) is 0 Å². The van der Waals surface area contributed by atoms with E-state index in [1.54, 1.807) is 36.4 Å². The molecule has 0 fully saturated rings.